The van der Waals surface area contributed by atoms with Crippen molar-refractivity contribution in [1.29, 1.82) is 0 Å². The van der Waals surface area contributed by atoms with Crippen molar-refractivity contribution in [2.45, 2.75) is 39.0 Å². The average molecular weight is 291 g/mol. The summed E-state index contributed by atoms with van der Waals surface area (Å²) in [6.07, 6.45) is 2.76. The van der Waals surface area contributed by atoms with Gasteiger partial charge in [-0.1, -0.05) is 20.8 Å². The molecule has 0 atom stereocenters. The van der Waals surface area contributed by atoms with Crippen LogP contribution in [0.1, 0.15) is 50.1 Å². The van der Waals surface area contributed by atoms with Crippen molar-refractivity contribution in [3.8, 4) is 0 Å². The summed E-state index contributed by atoms with van der Waals surface area (Å²) in [4.78, 5) is 21.2. The molecular formula is C15H25N5O. The zero-order chi connectivity index (χ0) is 15.0. The second kappa shape index (κ2) is 5.40. The number of aromatic amines is 1. The molecule has 21 heavy (non-hydrogen) atoms. The number of hydrogen-bond acceptors (Lipinski definition) is 4. The van der Waals surface area contributed by atoms with Crippen LogP contribution in [0.5, 0.6) is 0 Å². The third-order valence-electron chi connectivity index (χ3n) is 4.26. The summed E-state index contributed by atoms with van der Waals surface area (Å²) in [5.41, 5.74) is -0.117. The molecule has 6 nitrogen and oxygen atoms in total. The molecule has 2 aliphatic rings. The van der Waals surface area contributed by atoms with Crippen LogP contribution in [0.4, 0.5) is 0 Å². The van der Waals surface area contributed by atoms with E-state index in [4.69, 9.17) is 0 Å². The van der Waals surface area contributed by atoms with Crippen LogP contribution >= 0.6 is 0 Å². The molecule has 1 N–H and O–H groups in total. The van der Waals surface area contributed by atoms with Crippen LogP contribution in [0.15, 0.2) is 0 Å². The van der Waals surface area contributed by atoms with E-state index in [1.165, 1.54) is 19.4 Å². The molecule has 1 aliphatic carbocycles. The lowest BCUT2D eigenvalue weighted by Gasteiger charge is -2.34. The predicted molar refractivity (Wildman–Crippen MR) is 80.2 cm³/mol. The van der Waals surface area contributed by atoms with E-state index in [0.29, 0.717) is 5.82 Å². The van der Waals surface area contributed by atoms with Gasteiger partial charge in [0.25, 0.3) is 5.91 Å². The van der Waals surface area contributed by atoms with Crippen LogP contribution < -0.4 is 0 Å². The fourth-order valence-corrected chi connectivity index (χ4v) is 2.63. The number of carbonyl (C=O) groups excluding carboxylic acids is 1. The highest BCUT2D eigenvalue weighted by Crippen LogP contribution is 2.30. The van der Waals surface area contributed by atoms with Crippen molar-refractivity contribution in [2.75, 3.05) is 32.7 Å². The average Bonchev–Trinajstić information content (AvgIpc) is 3.09. The summed E-state index contributed by atoms with van der Waals surface area (Å²) in [6, 6.07) is 0. The Labute approximate surface area is 125 Å². The highest BCUT2D eigenvalue weighted by Gasteiger charge is 2.29. The van der Waals surface area contributed by atoms with Crippen LogP contribution in [0.25, 0.3) is 0 Å². The summed E-state index contributed by atoms with van der Waals surface area (Å²) in [5, 5.41) is 6.98. The van der Waals surface area contributed by atoms with Crippen molar-refractivity contribution >= 4 is 5.91 Å². The Morgan fingerprint density at radius 3 is 2.43 bits per heavy atom. The molecular weight excluding hydrogens is 266 g/mol. The monoisotopic (exact) mass is 291 g/mol. The van der Waals surface area contributed by atoms with Crippen LogP contribution in [0.2, 0.25) is 0 Å². The van der Waals surface area contributed by atoms with Crippen LogP contribution in [0, 0.1) is 5.92 Å². The van der Waals surface area contributed by atoms with Gasteiger partial charge in [-0.3, -0.25) is 14.8 Å². The summed E-state index contributed by atoms with van der Waals surface area (Å²) in [6.45, 7) is 10.9. The van der Waals surface area contributed by atoms with Gasteiger partial charge in [-0.2, -0.15) is 0 Å². The molecule has 1 saturated carbocycles. The first kappa shape index (κ1) is 14.5. The Balaban J connectivity index is 1.57. The third-order valence-corrected chi connectivity index (χ3v) is 4.26. The Hall–Kier alpha value is -1.43. The van der Waals surface area contributed by atoms with E-state index in [1.54, 1.807) is 0 Å². The quantitative estimate of drug-likeness (QED) is 0.911. The standard InChI is InChI=1S/C15H25N5O/c1-15(2,3)14-16-12(17-18-14)13(21)20-8-6-19(7-9-20)10-11-4-5-11/h11H,4-10H2,1-3H3,(H,16,17,18). The smallest absolute Gasteiger partial charge is 0.293 e. The zero-order valence-corrected chi connectivity index (χ0v) is 13.2. The van der Waals surface area contributed by atoms with E-state index in [2.05, 4.69) is 40.9 Å². The first-order valence-electron chi connectivity index (χ1n) is 7.88. The number of piperazine rings is 1. The van der Waals surface area contributed by atoms with Crippen molar-refractivity contribution in [3.63, 3.8) is 0 Å². The number of hydrogen-bond donors (Lipinski definition) is 1. The summed E-state index contributed by atoms with van der Waals surface area (Å²) >= 11 is 0. The lowest BCUT2D eigenvalue weighted by atomic mass is 9.96. The molecule has 0 unspecified atom stereocenters. The molecule has 0 aromatic carbocycles. The largest absolute Gasteiger partial charge is 0.333 e. The highest BCUT2D eigenvalue weighted by molar-refractivity contribution is 5.90. The Bertz CT molecular complexity index is 506. The Morgan fingerprint density at radius 1 is 1.24 bits per heavy atom. The van der Waals surface area contributed by atoms with E-state index in [0.717, 1.165) is 37.9 Å². The number of aromatic nitrogens is 3. The van der Waals surface area contributed by atoms with Crippen molar-refractivity contribution in [1.82, 2.24) is 25.0 Å². The number of nitrogens with one attached hydrogen (secondary N) is 1. The number of rotatable bonds is 3. The topological polar surface area (TPSA) is 65.1 Å². The van der Waals surface area contributed by atoms with Gasteiger partial charge in [-0.05, 0) is 18.8 Å². The van der Waals surface area contributed by atoms with Gasteiger partial charge in [0.05, 0.1) is 0 Å². The number of amides is 1. The van der Waals surface area contributed by atoms with Gasteiger partial charge < -0.3 is 4.90 Å². The van der Waals surface area contributed by atoms with Crippen molar-refractivity contribution in [3.05, 3.63) is 11.6 Å². The lowest BCUT2D eigenvalue weighted by Crippen LogP contribution is -2.49. The van der Waals surface area contributed by atoms with E-state index >= 15 is 0 Å². The van der Waals surface area contributed by atoms with Crippen LogP contribution in [0.3, 0.4) is 0 Å². The molecule has 1 aromatic heterocycles. The maximum Gasteiger partial charge on any atom is 0.293 e. The van der Waals surface area contributed by atoms with E-state index in [9.17, 15) is 4.79 Å². The normalized spacial score (nSPS) is 20.8. The van der Waals surface area contributed by atoms with Crippen molar-refractivity contribution < 1.29 is 4.79 Å². The number of nitrogens with zero attached hydrogens (tertiary/aromatic N) is 4. The first-order valence-corrected chi connectivity index (χ1v) is 7.88. The maximum absolute atomic E-state index is 12.4. The fourth-order valence-electron chi connectivity index (χ4n) is 2.63. The molecule has 0 bridgehead atoms. The molecule has 2 fully saturated rings. The summed E-state index contributed by atoms with van der Waals surface area (Å²) in [7, 11) is 0. The van der Waals surface area contributed by atoms with Gasteiger partial charge in [-0.25, -0.2) is 4.98 Å². The van der Waals surface area contributed by atoms with Gasteiger partial charge in [-0.15, -0.1) is 5.10 Å². The molecule has 0 spiro atoms. The molecule has 116 valence electrons. The molecule has 3 rings (SSSR count). The van der Waals surface area contributed by atoms with E-state index in [1.807, 2.05) is 4.90 Å². The lowest BCUT2D eigenvalue weighted by molar-refractivity contribution is 0.0620. The molecule has 1 aromatic rings. The Kier molecular flexibility index (Phi) is 3.73. The van der Waals surface area contributed by atoms with Crippen molar-refractivity contribution in [2.24, 2.45) is 5.92 Å². The van der Waals surface area contributed by atoms with Gasteiger partial charge >= 0.3 is 0 Å². The second-order valence-electron chi connectivity index (χ2n) is 7.29. The fraction of sp³-hybridized carbons (Fsp3) is 0.800. The molecule has 1 saturated heterocycles. The SMILES string of the molecule is CC(C)(C)c1nc(C(=O)N2CCN(CC3CC3)CC2)n[nH]1. The highest BCUT2D eigenvalue weighted by atomic mass is 16.2. The second-order valence-corrected chi connectivity index (χ2v) is 7.29. The van der Waals surface area contributed by atoms with Gasteiger partial charge in [0, 0.05) is 38.1 Å². The summed E-state index contributed by atoms with van der Waals surface area (Å²) in [5.74, 6) is 1.93. The Morgan fingerprint density at radius 2 is 1.90 bits per heavy atom. The molecule has 1 aliphatic heterocycles. The minimum Gasteiger partial charge on any atom is -0.333 e. The van der Waals surface area contributed by atoms with Gasteiger partial charge in [0.15, 0.2) is 0 Å². The number of carbonyl (C=O) groups is 1. The molecule has 2 heterocycles. The van der Waals surface area contributed by atoms with E-state index in [-0.39, 0.29) is 11.3 Å². The molecule has 1 amide bonds. The predicted octanol–water partition coefficient (Wildman–Crippen LogP) is 1.27. The molecule has 0 radical (unpaired) electrons. The van der Waals surface area contributed by atoms with E-state index < -0.39 is 0 Å². The maximum atomic E-state index is 12.4. The van der Waals surface area contributed by atoms with Crippen LogP contribution in [-0.2, 0) is 5.41 Å². The molecule has 6 heteroatoms. The zero-order valence-electron chi connectivity index (χ0n) is 13.2. The van der Waals surface area contributed by atoms with Crippen LogP contribution in [-0.4, -0.2) is 63.6 Å². The number of H-pyrrole nitrogens is 1. The van der Waals surface area contributed by atoms with Gasteiger partial charge in [0.2, 0.25) is 5.82 Å². The third kappa shape index (κ3) is 3.43. The summed E-state index contributed by atoms with van der Waals surface area (Å²) < 4.78 is 0. The van der Waals surface area contributed by atoms with Gasteiger partial charge in [0.1, 0.15) is 5.82 Å². The first-order chi connectivity index (χ1) is 9.93. The minimum absolute atomic E-state index is 0.0483. The minimum atomic E-state index is -0.117.